The number of sulfone groups is 1. The fraction of sp³-hybridized carbons (Fsp3) is 0.562. The summed E-state index contributed by atoms with van der Waals surface area (Å²) in [6.07, 6.45) is -0.143. The number of hydrogen-bond donors (Lipinski definition) is 1. The van der Waals surface area contributed by atoms with E-state index in [1.807, 2.05) is 13.8 Å². The minimum Gasteiger partial charge on any atom is -0.372 e. The molecule has 6 nitrogen and oxygen atoms in total. The molecule has 1 saturated heterocycles. The van der Waals surface area contributed by atoms with Crippen molar-refractivity contribution in [2.24, 2.45) is 0 Å². The molecule has 0 aromatic heterocycles. The Labute approximate surface area is 148 Å². The lowest BCUT2D eigenvalue weighted by atomic mass is 10.2. The van der Waals surface area contributed by atoms with Gasteiger partial charge in [-0.15, -0.1) is 0 Å². The van der Waals surface area contributed by atoms with Gasteiger partial charge in [0, 0.05) is 13.1 Å². The quantitative estimate of drug-likeness (QED) is 0.881. The highest BCUT2D eigenvalue weighted by atomic mass is 35.5. The van der Waals surface area contributed by atoms with Crippen molar-refractivity contribution in [1.29, 1.82) is 0 Å². The summed E-state index contributed by atoms with van der Waals surface area (Å²) in [6, 6.07) is 4.30. The number of carbonyl (C=O) groups is 1. The molecule has 1 aromatic rings. The van der Waals surface area contributed by atoms with Crippen molar-refractivity contribution in [1.82, 2.24) is 4.90 Å². The molecule has 0 radical (unpaired) electrons. The molecule has 2 unspecified atom stereocenters. The summed E-state index contributed by atoms with van der Waals surface area (Å²) in [5, 5.41) is 2.15. The van der Waals surface area contributed by atoms with Crippen LogP contribution in [0.25, 0.3) is 0 Å². The number of nitrogens with one attached hydrogen (secondary N) is 1. The Balaban J connectivity index is 2.30. The van der Waals surface area contributed by atoms with Crippen LogP contribution in [0.1, 0.15) is 27.7 Å². The van der Waals surface area contributed by atoms with Gasteiger partial charge in [0.15, 0.2) is 9.84 Å². The first kappa shape index (κ1) is 19.0. The summed E-state index contributed by atoms with van der Waals surface area (Å²) in [5.74, 6) is 0. The van der Waals surface area contributed by atoms with Crippen LogP contribution in [0.4, 0.5) is 10.5 Å². The first-order chi connectivity index (χ1) is 11.1. The van der Waals surface area contributed by atoms with E-state index >= 15 is 0 Å². The van der Waals surface area contributed by atoms with Crippen molar-refractivity contribution in [2.45, 2.75) is 50.0 Å². The smallest absolute Gasteiger partial charge is 0.322 e. The largest absolute Gasteiger partial charge is 0.372 e. The van der Waals surface area contributed by atoms with E-state index in [2.05, 4.69) is 5.32 Å². The first-order valence-corrected chi connectivity index (χ1v) is 9.79. The minimum atomic E-state index is -3.63. The molecule has 2 atom stereocenters. The van der Waals surface area contributed by atoms with Crippen molar-refractivity contribution < 1.29 is 17.9 Å². The third-order valence-electron chi connectivity index (χ3n) is 3.82. The number of benzene rings is 1. The Hall–Kier alpha value is -1.31. The lowest BCUT2D eigenvalue weighted by Gasteiger charge is -2.35. The maximum Gasteiger partial charge on any atom is 0.322 e. The lowest BCUT2D eigenvalue weighted by Crippen LogP contribution is -2.49. The number of anilines is 1. The number of rotatable bonds is 3. The van der Waals surface area contributed by atoms with Crippen molar-refractivity contribution in [3.8, 4) is 0 Å². The Morgan fingerprint density at radius 1 is 1.29 bits per heavy atom. The molecule has 1 N–H and O–H groups in total. The molecule has 24 heavy (non-hydrogen) atoms. The molecule has 2 amide bonds. The molecule has 1 aliphatic heterocycles. The van der Waals surface area contributed by atoms with Crippen molar-refractivity contribution in [2.75, 3.05) is 18.4 Å². The van der Waals surface area contributed by atoms with Gasteiger partial charge in [-0.25, -0.2) is 13.2 Å². The highest BCUT2D eigenvalue weighted by molar-refractivity contribution is 7.92. The fourth-order valence-corrected chi connectivity index (χ4v) is 4.40. The highest BCUT2D eigenvalue weighted by Gasteiger charge is 2.29. The van der Waals surface area contributed by atoms with E-state index in [-0.39, 0.29) is 33.8 Å². The Bertz CT molecular complexity index is 711. The van der Waals surface area contributed by atoms with Crippen LogP contribution in [0.2, 0.25) is 5.02 Å². The molecule has 0 spiro atoms. The number of urea groups is 1. The SMILES string of the molecule is CC1CN(C(=O)Nc2cccc(Cl)c2S(=O)(=O)C(C)C)CC(C)O1. The Kier molecular flexibility index (Phi) is 5.78. The van der Waals surface area contributed by atoms with E-state index in [4.69, 9.17) is 16.3 Å². The number of morpholine rings is 1. The van der Waals surface area contributed by atoms with Gasteiger partial charge < -0.3 is 15.0 Å². The zero-order valence-electron chi connectivity index (χ0n) is 14.2. The second-order valence-electron chi connectivity index (χ2n) is 6.30. The standard InChI is InChI=1S/C16H23ClN2O4S/c1-10(2)24(21,22)15-13(17)6-5-7-14(15)18-16(20)19-8-11(3)23-12(4)9-19/h5-7,10-12H,8-9H2,1-4H3,(H,18,20). The van der Waals surface area contributed by atoms with Crippen LogP contribution < -0.4 is 5.32 Å². The third kappa shape index (κ3) is 4.02. The van der Waals surface area contributed by atoms with Crippen molar-refractivity contribution in [3.05, 3.63) is 23.2 Å². The molecule has 1 heterocycles. The van der Waals surface area contributed by atoms with Gasteiger partial charge in [0.2, 0.25) is 0 Å². The molecule has 134 valence electrons. The van der Waals surface area contributed by atoms with Crippen LogP contribution in [0, 0.1) is 0 Å². The molecular formula is C16H23ClN2O4S. The van der Waals surface area contributed by atoms with Gasteiger partial charge in [-0.05, 0) is 39.8 Å². The van der Waals surface area contributed by atoms with Gasteiger partial charge in [-0.1, -0.05) is 17.7 Å². The van der Waals surface area contributed by atoms with E-state index in [0.717, 1.165) is 0 Å². The molecule has 0 saturated carbocycles. The molecule has 8 heteroatoms. The zero-order chi connectivity index (χ0) is 18.1. The van der Waals surface area contributed by atoms with Gasteiger partial charge in [-0.2, -0.15) is 0 Å². The second kappa shape index (κ2) is 7.29. The zero-order valence-corrected chi connectivity index (χ0v) is 15.8. The van der Waals surface area contributed by atoms with Gasteiger partial charge >= 0.3 is 6.03 Å². The number of halogens is 1. The van der Waals surface area contributed by atoms with Gasteiger partial charge in [-0.3, -0.25) is 0 Å². The number of nitrogens with zero attached hydrogens (tertiary/aromatic N) is 1. The van der Waals surface area contributed by atoms with Gasteiger partial charge in [0.05, 0.1) is 28.2 Å². The highest BCUT2D eigenvalue weighted by Crippen LogP contribution is 2.32. The molecule has 2 rings (SSSR count). The molecular weight excluding hydrogens is 352 g/mol. The van der Waals surface area contributed by atoms with Gasteiger partial charge in [0.25, 0.3) is 0 Å². The second-order valence-corrected chi connectivity index (χ2v) is 9.15. The predicted molar refractivity (Wildman–Crippen MR) is 94.4 cm³/mol. The Morgan fingerprint density at radius 3 is 2.42 bits per heavy atom. The summed E-state index contributed by atoms with van der Waals surface area (Å²) >= 11 is 6.11. The molecule has 1 aromatic carbocycles. The van der Waals surface area contributed by atoms with E-state index in [1.54, 1.807) is 30.9 Å². The van der Waals surface area contributed by atoms with E-state index in [9.17, 15) is 13.2 Å². The van der Waals surface area contributed by atoms with Crippen molar-refractivity contribution >= 4 is 33.2 Å². The fourth-order valence-electron chi connectivity index (χ4n) is 2.67. The molecule has 0 bridgehead atoms. The van der Waals surface area contributed by atoms with Crippen LogP contribution >= 0.6 is 11.6 Å². The summed E-state index contributed by atoms with van der Waals surface area (Å²) in [6.45, 7) is 7.84. The van der Waals surface area contributed by atoms with E-state index < -0.39 is 15.1 Å². The number of ether oxygens (including phenoxy) is 1. The first-order valence-electron chi connectivity index (χ1n) is 7.86. The molecule has 0 aliphatic carbocycles. The van der Waals surface area contributed by atoms with E-state index in [1.165, 1.54) is 6.07 Å². The topological polar surface area (TPSA) is 75.7 Å². The van der Waals surface area contributed by atoms with Crippen LogP contribution in [-0.2, 0) is 14.6 Å². The average molecular weight is 375 g/mol. The number of amides is 2. The Morgan fingerprint density at radius 2 is 1.88 bits per heavy atom. The maximum absolute atomic E-state index is 12.6. The summed E-state index contributed by atoms with van der Waals surface area (Å²) in [5.41, 5.74) is 0.202. The monoisotopic (exact) mass is 374 g/mol. The van der Waals surface area contributed by atoms with E-state index in [0.29, 0.717) is 13.1 Å². The number of hydrogen-bond acceptors (Lipinski definition) is 4. The third-order valence-corrected chi connectivity index (χ3v) is 6.50. The maximum atomic E-state index is 12.6. The van der Waals surface area contributed by atoms with Gasteiger partial charge in [0.1, 0.15) is 4.90 Å². The summed E-state index contributed by atoms with van der Waals surface area (Å²) in [4.78, 5) is 14.1. The van der Waals surface area contributed by atoms with Crippen LogP contribution in [0.5, 0.6) is 0 Å². The normalized spacial score (nSPS) is 21.8. The summed E-state index contributed by atoms with van der Waals surface area (Å²) in [7, 11) is -3.63. The predicted octanol–water partition coefficient (Wildman–Crippen LogP) is 3.16. The number of carbonyl (C=O) groups excluding carboxylic acids is 1. The molecule has 1 aliphatic rings. The minimum absolute atomic E-state index is 0.0376. The van der Waals surface area contributed by atoms with Crippen LogP contribution in [-0.4, -0.2) is 49.9 Å². The van der Waals surface area contributed by atoms with Crippen LogP contribution in [0.3, 0.4) is 0 Å². The van der Waals surface area contributed by atoms with Crippen molar-refractivity contribution in [3.63, 3.8) is 0 Å². The lowest BCUT2D eigenvalue weighted by molar-refractivity contribution is -0.0530. The summed E-state index contributed by atoms with van der Waals surface area (Å²) < 4.78 is 30.7. The average Bonchev–Trinajstić information content (AvgIpc) is 2.45. The van der Waals surface area contributed by atoms with Crippen LogP contribution in [0.15, 0.2) is 23.1 Å². The molecule has 1 fully saturated rings.